The van der Waals surface area contributed by atoms with E-state index in [1.54, 1.807) is 6.92 Å². The molecule has 1 aliphatic rings. The number of nitrogen functional groups attached to an aromatic ring is 1. The van der Waals surface area contributed by atoms with Gasteiger partial charge in [-0.05, 0) is 19.1 Å². The van der Waals surface area contributed by atoms with Gasteiger partial charge in [0, 0.05) is 11.8 Å². The summed E-state index contributed by atoms with van der Waals surface area (Å²) in [6.45, 7) is 1.41. The van der Waals surface area contributed by atoms with Crippen molar-refractivity contribution in [3.8, 4) is 0 Å². The SMILES string of the molecule is CC1C(=O)NC(=O)CN1C(=O)c1ccnc(NN)c1. The fraction of sp³-hybridized carbons (Fsp3) is 0.273. The molecule has 3 amide bonds. The lowest BCUT2D eigenvalue weighted by Crippen LogP contribution is -2.58. The lowest BCUT2D eigenvalue weighted by Gasteiger charge is -2.31. The summed E-state index contributed by atoms with van der Waals surface area (Å²) >= 11 is 0. The Morgan fingerprint density at radius 1 is 1.58 bits per heavy atom. The summed E-state index contributed by atoms with van der Waals surface area (Å²) in [6.07, 6.45) is 1.42. The molecule has 19 heavy (non-hydrogen) atoms. The Labute approximate surface area is 108 Å². The van der Waals surface area contributed by atoms with Gasteiger partial charge in [0.15, 0.2) is 0 Å². The number of amides is 3. The molecule has 0 aromatic carbocycles. The minimum Gasteiger partial charge on any atom is -0.318 e. The smallest absolute Gasteiger partial charge is 0.255 e. The van der Waals surface area contributed by atoms with E-state index in [0.29, 0.717) is 11.4 Å². The van der Waals surface area contributed by atoms with Crippen LogP contribution in [0.4, 0.5) is 5.82 Å². The first-order valence-electron chi connectivity index (χ1n) is 5.60. The van der Waals surface area contributed by atoms with E-state index < -0.39 is 23.8 Å². The molecule has 8 nitrogen and oxygen atoms in total. The van der Waals surface area contributed by atoms with Gasteiger partial charge in [-0.2, -0.15) is 0 Å². The van der Waals surface area contributed by atoms with Gasteiger partial charge in [0.25, 0.3) is 5.91 Å². The zero-order valence-electron chi connectivity index (χ0n) is 10.2. The van der Waals surface area contributed by atoms with Crippen molar-refractivity contribution in [3.05, 3.63) is 23.9 Å². The summed E-state index contributed by atoms with van der Waals surface area (Å²) in [5, 5.41) is 2.17. The van der Waals surface area contributed by atoms with Crippen LogP contribution in [0.15, 0.2) is 18.3 Å². The van der Waals surface area contributed by atoms with Crippen LogP contribution in [0.1, 0.15) is 17.3 Å². The number of rotatable bonds is 2. The number of hydrazine groups is 1. The molecule has 0 aliphatic carbocycles. The summed E-state index contributed by atoms with van der Waals surface area (Å²) in [5.41, 5.74) is 2.63. The molecule has 0 bridgehead atoms. The quantitative estimate of drug-likeness (QED) is 0.352. The number of nitrogens with two attached hydrogens (primary N) is 1. The van der Waals surface area contributed by atoms with Crippen molar-refractivity contribution < 1.29 is 14.4 Å². The molecule has 1 aliphatic heterocycles. The zero-order valence-corrected chi connectivity index (χ0v) is 10.2. The highest BCUT2D eigenvalue weighted by Crippen LogP contribution is 2.13. The summed E-state index contributed by atoms with van der Waals surface area (Å²) in [7, 11) is 0. The van der Waals surface area contributed by atoms with Crippen molar-refractivity contribution in [2.45, 2.75) is 13.0 Å². The first-order valence-corrected chi connectivity index (χ1v) is 5.60. The van der Waals surface area contributed by atoms with Crippen molar-refractivity contribution in [3.63, 3.8) is 0 Å². The molecule has 1 unspecified atom stereocenters. The number of imide groups is 1. The Morgan fingerprint density at radius 2 is 2.32 bits per heavy atom. The third-order valence-electron chi connectivity index (χ3n) is 2.84. The number of nitrogens with zero attached hydrogens (tertiary/aromatic N) is 2. The number of aromatic nitrogens is 1. The number of hydrogen-bond acceptors (Lipinski definition) is 6. The molecule has 100 valence electrons. The van der Waals surface area contributed by atoms with E-state index in [-0.39, 0.29) is 6.54 Å². The molecule has 2 heterocycles. The molecule has 0 saturated carbocycles. The molecule has 1 aromatic rings. The number of piperazine rings is 1. The molecular weight excluding hydrogens is 250 g/mol. The highest BCUT2D eigenvalue weighted by molar-refractivity contribution is 6.07. The van der Waals surface area contributed by atoms with Crippen LogP contribution < -0.4 is 16.6 Å². The molecule has 1 aromatic heterocycles. The fourth-order valence-electron chi connectivity index (χ4n) is 1.77. The summed E-state index contributed by atoms with van der Waals surface area (Å²) in [6, 6.07) is 2.24. The molecular formula is C11H13N5O3. The predicted octanol–water partition coefficient (Wildman–Crippen LogP) is -1.15. The third-order valence-corrected chi connectivity index (χ3v) is 2.84. The average molecular weight is 263 g/mol. The zero-order chi connectivity index (χ0) is 14.0. The van der Waals surface area contributed by atoms with Crippen LogP contribution in [0.3, 0.4) is 0 Å². The Kier molecular flexibility index (Phi) is 3.43. The molecule has 0 radical (unpaired) electrons. The number of pyridine rings is 1. The third kappa shape index (κ3) is 2.52. The van der Waals surface area contributed by atoms with Gasteiger partial charge >= 0.3 is 0 Å². The second kappa shape index (κ2) is 5.02. The molecule has 1 fully saturated rings. The lowest BCUT2D eigenvalue weighted by atomic mass is 10.1. The fourth-order valence-corrected chi connectivity index (χ4v) is 1.77. The molecule has 8 heteroatoms. The number of anilines is 1. The Morgan fingerprint density at radius 3 is 3.00 bits per heavy atom. The maximum absolute atomic E-state index is 12.3. The first kappa shape index (κ1) is 13.0. The van der Waals surface area contributed by atoms with Gasteiger partial charge < -0.3 is 10.3 Å². The Balaban J connectivity index is 2.27. The summed E-state index contributed by atoms with van der Waals surface area (Å²) in [4.78, 5) is 40.2. The van der Waals surface area contributed by atoms with Crippen LogP contribution in [0.2, 0.25) is 0 Å². The van der Waals surface area contributed by atoms with Gasteiger partial charge in [0.2, 0.25) is 11.8 Å². The summed E-state index contributed by atoms with van der Waals surface area (Å²) < 4.78 is 0. The first-order chi connectivity index (χ1) is 9.02. The monoisotopic (exact) mass is 263 g/mol. The van der Waals surface area contributed by atoms with Crippen LogP contribution >= 0.6 is 0 Å². The molecule has 1 saturated heterocycles. The van der Waals surface area contributed by atoms with E-state index >= 15 is 0 Å². The molecule has 0 spiro atoms. The van der Waals surface area contributed by atoms with Crippen LogP contribution in [0.5, 0.6) is 0 Å². The topological polar surface area (TPSA) is 117 Å². The Hall–Kier alpha value is -2.48. The van der Waals surface area contributed by atoms with Gasteiger partial charge in [-0.25, -0.2) is 10.8 Å². The highest BCUT2D eigenvalue weighted by atomic mass is 16.2. The van der Waals surface area contributed by atoms with Crippen LogP contribution in [0, 0.1) is 0 Å². The van der Waals surface area contributed by atoms with Crippen molar-refractivity contribution in [1.82, 2.24) is 15.2 Å². The van der Waals surface area contributed by atoms with Crippen LogP contribution in [-0.2, 0) is 9.59 Å². The maximum atomic E-state index is 12.3. The molecule has 1 atom stereocenters. The number of carbonyl (C=O) groups is 3. The van der Waals surface area contributed by atoms with E-state index in [1.165, 1.54) is 23.2 Å². The van der Waals surface area contributed by atoms with Crippen LogP contribution in [0.25, 0.3) is 0 Å². The Bertz CT molecular complexity index is 545. The van der Waals surface area contributed by atoms with Crippen LogP contribution in [-0.4, -0.2) is 40.2 Å². The van der Waals surface area contributed by atoms with Gasteiger partial charge in [-0.1, -0.05) is 0 Å². The predicted molar refractivity (Wildman–Crippen MR) is 65.7 cm³/mol. The standard InChI is InChI=1S/C11H13N5O3/c1-6-10(18)14-9(17)5-16(6)11(19)7-2-3-13-8(4-7)15-12/h2-4,6H,5,12H2,1H3,(H,13,15)(H,14,17,18). The van der Waals surface area contributed by atoms with Crippen molar-refractivity contribution >= 4 is 23.5 Å². The van der Waals surface area contributed by atoms with Gasteiger partial charge in [-0.3, -0.25) is 19.7 Å². The van der Waals surface area contributed by atoms with E-state index in [4.69, 9.17) is 5.84 Å². The molecule has 4 N–H and O–H groups in total. The highest BCUT2D eigenvalue weighted by Gasteiger charge is 2.33. The minimum atomic E-state index is -0.701. The van der Waals surface area contributed by atoms with Crippen molar-refractivity contribution in [1.29, 1.82) is 0 Å². The van der Waals surface area contributed by atoms with E-state index in [1.807, 2.05) is 0 Å². The van der Waals surface area contributed by atoms with Crippen molar-refractivity contribution in [2.75, 3.05) is 12.0 Å². The molecule has 2 rings (SSSR count). The van der Waals surface area contributed by atoms with E-state index in [9.17, 15) is 14.4 Å². The van der Waals surface area contributed by atoms with E-state index in [2.05, 4.69) is 15.7 Å². The summed E-state index contributed by atoms with van der Waals surface area (Å²) in [5.74, 6) is 4.13. The maximum Gasteiger partial charge on any atom is 0.255 e. The van der Waals surface area contributed by atoms with Gasteiger partial charge in [0.1, 0.15) is 18.4 Å². The van der Waals surface area contributed by atoms with Gasteiger partial charge in [0.05, 0.1) is 0 Å². The van der Waals surface area contributed by atoms with Crippen molar-refractivity contribution in [2.24, 2.45) is 5.84 Å². The second-order valence-electron chi connectivity index (χ2n) is 4.10. The lowest BCUT2D eigenvalue weighted by molar-refractivity contribution is -0.138. The normalized spacial score (nSPS) is 19.1. The number of nitrogens with one attached hydrogen (secondary N) is 2. The van der Waals surface area contributed by atoms with E-state index in [0.717, 1.165) is 0 Å². The number of hydrogen-bond donors (Lipinski definition) is 3. The average Bonchev–Trinajstić information content (AvgIpc) is 2.42. The van der Waals surface area contributed by atoms with Gasteiger partial charge in [-0.15, -0.1) is 0 Å². The second-order valence-corrected chi connectivity index (χ2v) is 4.10. The largest absolute Gasteiger partial charge is 0.318 e. The minimum absolute atomic E-state index is 0.153. The number of carbonyl (C=O) groups excluding carboxylic acids is 3.